The maximum Gasteiger partial charge on any atom is 0.277 e. The first-order valence-corrected chi connectivity index (χ1v) is 14.0. The normalized spacial score (nSPS) is 13.4. The van der Waals surface area contributed by atoms with Crippen LogP contribution in [0.1, 0.15) is 10.4 Å². The minimum absolute atomic E-state index is 0.00669. The number of thioether (sulfide) groups is 1. The van der Waals surface area contributed by atoms with E-state index in [1.165, 1.54) is 11.8 Å². The Bertz CT molecular complexity index is 1440. The third kappa shape index (κ3) is 6.38. The van der Waals surface area contributed by atoms with E-state index < -0.39 is 0 Å². The summed E-state index contributed by atoms with van der Waals surface area (Å²) >= 11 is 10.7. The number of carbonyl (C=O) groups is 2. The third-order valence-corrected chi connectivity index (χ3v) is 7.74. The number of hydrogen-bond acceptors (Lipinski definition) is 7. The molecule has 0 spiro atoms. The van der Waals surface area contributed by atoms with Crippen LogP contribution in [-0.4, -0.2) is 58.8 Å². The van der Waals surface area contributed by atoms with Crippen LogP contribution in [0.2, 0.25) is 5.02 Å². The fourth-order valence-electron chi connectivity index (χ4n) is 4.06. The number of carbonyl (C=O) groups excluding carboxylic acids is 2. The highest BCUT2D eigenvalue weighted by molar-refractivity contribution is 9.10. The molecule has 0 saturated carbocycles. The Morgan fingerprint density at radius 2 is 1.74 bits per heavy atom. The molecule has 194 valence electrons. The molecule has 8 nitrogen and oxygen atoms in total. The molecule has 1 N–H and O–H groups in total. The molecular formula is C27H23BrClN5O3S. The van der Waals surface area contributed by atoms with E-state index in [0.717, 1.165) is 28.8 Å². The third-order valence-electron chi connectivity index (χ3n) is 5.99. The highest BCUT2D eigenvalue weighted by atomic mass is 79.9. The van der Waals surface area contributed by atoms with Gasteiger partial charge in [0, 0.05) is 52.6 Å². The summed E-state index contributed by atoms with van der Waals surface area (Å²) in [6, 6.07) is 22.3. The summed E-state index contributed by atoms with van der Waals surface area (Å²) in [5.41, 5.74) is 3.14. The molecular weight excluding hydrogens is 590 g/mol. The zero-order valence-corrected chi connectivity index (χ0v) is 23.3. The van der Waals surface area contributed by atoms with Crippen molar-refractivity contribution in [1.82, 2.24) is 15.1 Å². The van der Waals surface area contributed by atoms with Gasteiger partial charge in [0.15, 0.2) is 0 Å². The molecule has 0 atom stereocenters. The molecule has 2 heterocycles. The van der Waals surface area contributed by atoms with Gasteiger partial charge in [0.25, 0.3) is 11.1 Å². The highest BCUT2D eigenvalue weighted by Crippen LogP contribution is 2.29. The zero-order valence-electron chi connectivity index (χ0n) is 20.1. The van der Waals surface area contributed by atoms with Gasteiger partial charge < -0.3 is 19.5 Å². The van der Waals surface area contributed by atoms with E-state index in [0.29, 0.717) is 40.5 Å². The van der Waals surface area contributed by atoms with E-state index in [1.807, 2.05) is 53.4 Å². The lowest BCUT2D eigenvalue weighted by Gasteiger charge is -2.36. The Hall–Kier alpha value is -3.34. The fraction of sp³-hybridized carbons (Fsp3) is 0.185. The Morgan fingerprint density at radius 3 is 2.47 bits per heavy atom. The Balaban J connectivity index is 1.09. The summed E-state index contributed by atoms with van der Waals surface area (Å²) in [6.07, 6.45) is 0. The largest absolute Gasteiger partial charge is 0.411 e. The van der Waals surface area contributed by atoms with E-state index in [1.54, 1.807) is 24.3 Å². The fourth-order valence-corrected chi connectivity index (χ4v) is 5.27. The first kappa shape index (κ1) is 26.3. The molecule has 2 amide bonds. The molecule has 1 fully saturated rings. The van der Waals surface area contributed by atoms with E-state index in [4.69, 9.17) is 16.0 Å². The number of benzene rings is 3. The van der Waals surface area contributed by atoms with Crippen molar-refractivity contribution in [2.24, 2.45) is 0 Å². The second-order valence-corrected chi connectivity index (χ2v) is 10.7. The lowest BCUT2D eigenvalue weighted by Crippen LogP contribution is -2.48. The predicted molar refractivity (Wildman–Crippen MR) is 153 cm³/mol. The van der Waals surface area contributed by atoms with Crippen LogP contribution in [0.25, 0.3) is 11.5 Å². The second-order valence-electron chi connectivity index (χ2n) is 8.53. The van der Waals surface area contributed by atoms with Gasteiger partial charge in [0.2, 0.25) is 11.8 Å². The van der Waals surface area contributed by atoms with Crippen molar-refractivity contribution in [3.05, 3.63) is 87.9 Å². The Labute approximate surface area is 237 Å². The van der Waals surface area contributed by atoms with Crippen molar-refractivity contribution in [3.63, 3.8) is 0 Å². The molecule has 38 heavy (non-hydrogen) atoms. The topological polar surface area (TPSA) is 91.6 Å². The number of anilines is 2. The van der Waals surface area contributed by atoms with Gasteiger partial charge in [-0.05, 0) is 70.5 Å². The van der Waals surface area contributed by atoms with Crippen LogP contribution >= 0.6 is 39.3 Å². The summed E-state index contributed by atoms with van der Waals surface area (Å²) < 4.78 is 6.54. The molecule has 5 rings (SSSR count). The van der Waals surface area contributed by atoms with Crippen molar-refractivity contribution in [3.8, 4) is 11.5 Å². The predicted octanol–water partition coefficient (Wildman–Crippen LogP) is 5.85. The van der Waals surface area contributed by atoms with Crippen molar-refractivity contribution in [2.45, 2.75) is 5.22 Å². The van der Waals surface area contributed by atoms with E-state index >= 15 is 0 Å². The number of halogens is 2. The van der Waals surface area contributed by atoms with Crippen molar-refractivity contribution < 1.29 is 14.0 Å². The van der Waals surface area contributed by atoms with Crippen molar-refractivity contribution in [2.75, 3.05) is 42.1 Å². The van der Waals surface area contributed by atoms with Crippen LogP contribution in [0.4, 0.5) is 11.4 Å². The molecule has 0 unspecified atom stereocenters. The standard InChI is InChI=1S/C27H23BrClN5O3S/c28-23-7-2-1-6-22(23)25-31-32-27(37-25)38-17-24(35)30-20-8-10-21(11-9-20)33-12-14-34(15-13-33)26(36)18-4-3-5-19(29)16-18/h1-11,16H,12-15,17H2,(H,30,35). The lowest BCUT2D eigenvalue weighted by molar-refractivity contribution is -0.113. The first-order chi connectivity index (χ1) is 18.5. The smallest absolute Gasteiger partial charge is 0.277 e. The maximum atomic E-state index is 12.8. The van der Waals surface area contributed by atoms with Gasteiger partial charge in [0.1, 0.15) is 0 Å². The monoisotopic (exact) mass is 611 g/mol. The van der Waals surface area contributed by atoms with Crippen LogP contribution in [0.5, 0.6) is 0 Å². The van der Waals surface area contributed by atoms with Crippen LogP contribution in [0.3, 0.4) is 0 Å². The van der Waals surface area contributed by atoms with Crippen molar-refractivity contribution >= 4 is 62.5 Å². The van der Waals surface area contributed by atoms with Gasteiger partial charge in [-0.2, -0.15) is 0 Å². The summed E-state index contributed by atoms with van der Waals surface area (Å²) in [6.45, 7) is 2.69. The Kier molecular flexibility index (Phi) is 8.31. The molecule has 0 radical (unpaired) electrons. The molecule has 1 aliphatic heterocycles. The average molecular weight is 613 g/mol. The van der Waals surface area contributed by atoms with Crippen LogP contribution in [0.15, 0.2) is 86.9 Å². The van der Waals surface area contributed by atoms with Crippen LogP contribution < -0.4 is 10.2 Å². The van der Waals surface area contributed by atoms with Gasteiger partial charge >= 0.3 is 0 Å². The summed E-state index contributed by atoms with van der Waals surface area (Å²) in [7, 11) is 0. The van der Waals surface area contributed by atoms with Gasteiger partial charge in [-0.3, -0.25) is 9.59 Å². The van der Waals surface area contributed by atoms with E-state index in [-0.39, 0.29) is 17.6 Å². The SMILES string of the molecule is O=C(CSc1nnc(-c2ccccc2Br)o1)Nc1ccc(N2CCN(C(=O)c3cccc(Cl)c3)CC2)cc1. The quantitative estimate of drug-likeness (QED) is 0.262. The number of piperazine rings is 1. The van der Waals surface area contributed by atoms with E-state index in [9.17, 15) is 9.59 Å². The lowest BCUT2D eigenvalue weighted by atomic mass is 10.1. The number of nitrogens with one attached hydrogen (secondary N) is 1. The number of hydrogen-bond donors (Lipinski definition) is 1. The van der Waals surface area contributed by atoms with Crippen LogP contribution in [-0.2, 0) is 4.79 Å². The molecule has 1 aliphatic rings. The number of amides is 2. The molecule has 4 aromatic rings. The van der Waals surface area contributed by atoms with Crippen LogP contribution in [0, 0.1) is 0 Å². The van der Waals surface area contributed by atoms with Gasteiger partial charge in [-0.25, -0.2) is 0 Å². The Morgan fingerprint density at radius 1 is 0.974 bits per heavy atom. The van der Waals surface area contributed by atoms with Gasteiger partial charge in [-0.15, -0.1) is 10.2 Å². The average Bonchev–Trinajstić information content (AvgIpc) is 3.41. The first-order valence-electron chi connectivity index (χ1n) is 11.9. The number of aromatic nitrogens is 2. The second kappa shape index (κ2) is 12.0. The summed E-state index contributed by atoms with van der Waals surface area (Å²) in [4.78, 5) is 29.3. The minimum Gasteiger partial charge on any atom is -0.411 e. The van der Waals surface area contributed by atoms with Crippen molar-refractivity contribution in [1.29, 1.82) is 0 Å². The van der Waals surface area contributed by atoms with E-state index in [2.05, 4.69) is 36.3 Å². The summed E-state index contributed by atoms with van der Waals surface area (Å²) in [5, 5.41) is 11.9. The van der Waals surface area contributed by atoms with Gasteiger partial charge in [0.05, 0.1) is 11.3 Å². The molecule has 0 aliphatic carbocycles. The van der Waals surface area contributed by atoms with Gasteiger partial charge in [-0.1, -0.05) is 41.6 Å². The molecule has 0 bridgehead atoms. The summed E-state index contributed by atoms with van der Waals surface area (Å²) in [5.74, 6) is 0.358. The minimum atomic E-state index is -0.170. The molecule has 1 aromatic heterocycles. The number of nitrogens with zero attached hydrogens (tertiary/aromatic N) is 4. The zero-order chi connectivity index (χ0) is 26.5. The number of rotatable bonds is 7. The maximum absolute atomic E-state index is 12.8. The molecule has 3 aromatic carbocycles. The molecule has 1 saturated heterocycles. The molecule has 11 heteroatoms. The highest BCUT2D eigenvalue weighted by Gasteiger charge is 2.22.